The molecule has 1 aliphatic heterocycles. The molecule has 0 amide bonds. The minimum Gasteiger partial charge on any atom is -0.463 e. The fourth-order valence-electron chi connectivity index (χ4n) is 2.34. The topological polar surface area (TPSA) is 89.2 Å². The molecule has 2 heterocycles. The van der Waals surface area contributed by atoms with E-state index in [0.717, 1.165) is 25.1 Å². The molecule has 2 aromatic rings. The molecule has 0 saturated heterocycles. The van der Waals surface area contributed by atoms with Gasteiger partial charge in [-0.2, -0.15) is 15.0 Å². The van der Waals surface area contributed by atoms with E-state index in [9.17, 15) is 0 Å². The van der Waals surface area contributed by atoms with Gasteiger partial charge >= 0.3 is 6.01 Å². The number of fused-ring (bicyclic) bond motifs is 1. The van der Waals surface area contributed by atoms with Gasteiger partial charge in [0.1, 0.15) is 0 Å². The van der Waals surface area contributed by atoms with Crippen molar-refractivity contribution in [3.63, 3.8) is 0 Å². The number of nitrogens with two attached hydrogens (primary N) is 1. The Hall–Kier alpha value is -2.41. The smallest absolute Gasteiger partial charge is 0.323 e. The molecule has 110 valence electrons. The van der Waals surface area contributed by atoms with E-state index in [1.807, 2.05) is 19.1 Å². The molecule has 0 radical (unpaired) electrons. The molecule has 0 aliphatic carbocycles. The zero-order valence-electron chi connectivity index (χ0n) is 11.9. The third-order valence-electron chi connectivity index (χ3n) is 3.30. The number of hydrogen-bond donors (Lipinski definition) is 2. The van der Waals surface area contributed by atoms with Crippen molar-refractivity contribution in [1.82, 2.24) is 15.0 Å². The van der Waals surface area contributed by atoms with Crippen molar-refractivity contribution in [2.45, 2.75) is 19.8 Å². The highest BCUT2D eigenvalue weighted by Crippen LogP contribution is 2.32. The number of para-hydroxylation sites is 1. The van der Waals surface area contributed by atoms with E-state index in [0.29, 0.717) is 24.5 Å². The second-order valence-corrected chi connectivity index (χ2v) is 4.76. The lowest BCUT2D eigenvalue weighted by atomic mass is 10.2. The van der Waals surface area contributed by atoms with Crippen LogP contribution < -0.4 is 20.9 Å². The van der Waals surface area contributed by atoms with Crippen LogP contribution in [0.2, 0.25) is 0 Å². The lowest BCUT2D eigenvalue weighted by Gasteiger charge is -2.18. The van der Waals surface area contributed by atoms with Crippen molar-refractivity contribution in [2.24, 2.45) is 5.84 Å². The van der Waals surface area contributed by atoms with Crippen LogP contribution >= 0.6 is 0 Å². The summed E-state index contributed by atoms with van der Waals surface area (Å²) in [6.45, 7) is 3.42. The van der Waals surface area contributed by atoms with E-state index in [1.165, 1.54) is 5.56 Å². The standard InChI is InChI=1S/C14H18N6O/c1-2-9-21-14-17-12(19-15)16-13(18-14)20-8-7-10-5-3-4-6-11(10)20/h3-6H,2,7-9,15H2,1H3,(H,16,17,18,19). The van der Waals surface area contributed by atoms with Gasteiger partial charge in [-0.15, -0.1) is 0 Å². The number of hydrogen-bond acceptors (Lipinski definition) is 7. The zero-order chi connectivity index (χ0) is 14.7. The molecule has 1 aromatic carbocycles. The van der Waals surface area contributed by atoms with Crippen LogP contribution in [0.4, 0.5) is 17.6 Å². The largest absolute Gasteiger partial charge is 0.463 e. The highest BCUT2D eigenvalue weighted by molar-refractivity contribution is 5.66. The molecular formula is C14H18N6O. The van der Waals surface area contributed by atoms with Crippen molar-refractivity contribution in [1.29, 1.82) is 0 Å². The molecule has 1 aliphatic rings. The molecule has 0 spiro atoms. The maximum atomic E-state index is 5.50. The normalized spacial score (nSPS) is 13.1. The summed E-state index contributed by atoms with van der Waals surface area (Å²) in [4.78, 5) is 14.9. The van der Waals surface area contributed by atoms with Gasteiger partial charge in [-0.25, -0.2) is 5.84 Å². The summed E-state index contributed by atoms with van der Waals surface area (Å²) in [6.07, 6.45) is 1.86. The Morgan fingerprint density at radius 3 is 2.95 bits per heavy atom. The van der Waals surface area contributed by atoms with E-state index in [-0.39, 0.29) is 0 Å². The van der Waals surface area contributed by atoms with E-state index in [2.05, 4.69) is 37.4 Å². The third kappa shape index (κ3) is 2.73. The van der Waals surface area contributed by atoms with Crippen molar-refractivity contribution in [2.75, 3.05) is 23.5 Å². The van der Waals surface area contributed by atoms with Gasteiger partial charge in [-0.1, -0.05) is 25.1 Å². The average Bonchev–Trinajstić information content (AvgIpc) is 2.96. The molecule has 1 aromatic heterocycles. The summed E-state index contributed by atoms with van der Waals surface area (Å²) >= 11 is 0. The van der Waals surface area contributed by atoms with Crippen LogP contribution in [0.3, 0.4) is 0 Å². The second-order valence-electron chi connectivity index (χ2n) is 4.76. The van der Waals surface area contributed by atoms with Crippen LogP contribution in [-0.4, -0.2) is 28.1 Å². The lowest BCUT2D eigenvalue weighted by Crippen LogP contribution is -2.20. The Kier molecular flexibility index (Phi) is 3.83. The maximum Gasteiger partial charge on any atom is 0.323 e. The van der Waals surface area contributed by atoms with Crippen LogP contribution in [0.5, 0.6) is 6.01 Å². The molecule has 0 saturated carbocycles. The van der Waals surface area contributed by atoms with E-state index < -0.39 is 0 Å². The number of nitrogens with zero attached hydrogens (tertiary/aromatic N) is 4. The number of aromatic nitrogens is 3. The molecule has 7 nitrogen and oxygen atoms in total. The Bertz CT molecular complexity index is 633. The quantitative estimate of drug-likeness (QED) is 0.638. The molecule has 0 atom stereocenters. The summed E-state index contributed by atoms with van der Waals surface area (Å²) in [6, 6.07) is 8.52. The predicted molar refractivity (Wildman–Crippen MR) is 80.6 cm³/mol. The minimum atomic E-state index is 0.291. The van der Waals surface area contributed by atoms with Gasteiger partial charge in [0.2, 0.25) is 11.9 Å². The number of rotatable bonds is 5. The Morgan fingerprint density at radius 1 is 1.29 bits per heavy atom. The zero-order valence-corrected chi connectivity index (χ0v) is 11.9. The predicted octanol–water partition coefficient (Wildman–Crippen LogP) is 1.64. The van der Waals surface area contributed by atoms with Crippen molar-refractivity contribution in [3.05, 3.63) is 29.8 Å². The number of hydrazine groups is 1. The average molecular weight is 286 g/mol. The fourth-order valence-corrected chi connectivity index (χ4v) is 2.34. The van der Waals surface area contributed by atoms with Gasteiger partial charge in [0.05, 0.1) is 6.61 Å². The number of anilines is 3. The fraction of sp³-hybridized carbons (Fsp3) is 0.357. The SMILES string of the molecule is CCCOc1nc(NN)nc(N2CCc3ccccc32)n1. The second kappa shape index (κ2) is 5.92. The van der Waals surface area contributed by atoms with Gasteiger partial charge in [0, 0.05) is 12.2 Å². The summed E-state index contributed by atoms with van der Waals surface area (Å²) in [5.41, 5.74) is 4.87. The summed E-state index contributed by atoms with van der Waals surface area (Å²) in [7, 11) is 0. The maximum absolute atomic E-state index is 5.50. The van der Waals surface area contributed by atoms with Gasteiger partial charge in [-0.3, -0.25) is 5.43 Å². The highest BCUT2D eigenvalue weighted by atomic mass is 16.5. The van der Waals surface area contributed by atoms with Crippen LogP contribution in [-0.2, 0) is 6.42 Å². The molecule has 0 fully saturated rings. The summed E-state index contributed by atoms with van der Waals surface area (Å²) in [5, 5.41) is 0. The molecule has 0 unspecified atom stereocenters. The van der Waals surface area contributed by atoms with Gasteiger partial charge < -0.3 is 9.64 Å². The Labute approximate surface area is 123 Å². The minimum absolute atomic E-state index is 0.291. The Balaban J connectivity index is 1.95. The van der Waals surface area contributed by atoms with E-state index in [1.54, 1.807) is 0 Å². The molecule has 21 heavy (non-hydrogen) atoms. The first kappa shape index (κ1) is 13.6. The van der Waals surface area contributed by atoms with Gasteiger partial charge in [-0.05, 0) is 24.5 Å². The molecule has 0 bridgehead atoms. The van der Waals surface area contributed by atoms with Crippen molar-refractivity contribution in [3.8, 4) is 6.01 Å². The van der Waals surface area contributed by atoms with Crippen molar-refractivity contribution < 1.29 is 4.74 Å². The molecule has 3 N–H and O–H groups in total. The lowest BCUT2D eigenvalue weighted by molar-refractivity contribution is 0.292. The molecule has 7 heteroatoms. The first-order chi connectivity index (χ1) is 10.3. The van der Waals surface area contributed by atoms with Crippen LogP contribution in [0.25, 0.3) is 0 Å². The number of nitrogens with one attached hydrogen (secondary N) is 1. The third-order valence-corrected chi connectivity index (χ3v) is 3.30. The molecule has 3 rings (SSSR count). The highest BCUT2D eigenvalue weighted by Gasteiger charge is 2.23. The van der Waals surface area contributed by atoms with Crippen LogP contribution in [0.1, 0.15) is 18.9 Å². The number of nitrogen functional groups attached to an aromatic ring is 1. The molecular weight excluding hydrogens is 268 g/mol. The number of benzene rings is 1. The monoisotopic (exact) mass is 286 g/mol. The van der Waals surface area contributed by atoms with E-state index >= 15 is 0 Å². The first-order valence-electron chi connectivity index (χ1n) is 7.02. The van der Waals surface area contributed by atoms with E-state index in [4.69, 9.17) is 10.6 Å². The number of ether oxygens (including phenoxy) is 1. The summed E-state index contributed by atoms with van der Waals surface area (Å²) in [5.74, 6) is 6.28. The van der Waals surface area contributed by atoms with Gasteiger partial charge in [0.15, 0.2) is 0 Å². The van der Waals surface area contributed by atoms with Gasteiger partial charge in [0.25, 0.3) is 0 Å². The Morgan fingerprint density at radius 2 is 2.14 bits per heavy atom. The van der Waals surface area contributed by atoms with Crippen LogP contribution in [0, 0.1) is 0 Å². The van der Waals surface area contributed by atoms with Crippen molar-refractivity contribution >= 4 is 17.6 Å². The summed E-state index contributed by atoms with van der Waals surface area (Å²) < 4.78 is 5.50. The first-order valence-corrected chi connectivity index (χ1v) is 7.02. The van der Waals surface area contributed by atoms with Crippen LogP contribution in [0.15, 0.2) is 24.3 Å².